The smallest absolute Gasteiger partial charge is 0.335 e. The van der Waals surface area contributed by atoms with Crippen LogP contribution in [0.4, 0.5) is 0 Å². The Hall–Kier alpha value is -0.830. The lowest BCUT2D eigenvalue weighted by Gasteiger charge is -2.16. The Bertz CT molecular complexity index is 276. The number of carbonyl (C=O) groups excluding carboxylic acids is 1. The zero-order valence-electron chi connectivity index (χ0n) is 15.5. The standard InChI is InChI=1S/C20H38O3/c1-4-7-9-10-11-12-13-14-16-19(20(21)23-17-6-3)22-18-15-8-5-2/h6,19H,3-5,7-18H2,1-2H3. The second-order valence-corrected chi connectivity index (χ2v) is 6.25. The lowest BCUT2D eigenvalue weighted by atomic mass is 10.1. The second-order valence-electron chi connectivity index (χ2n) is 6.25. The normalized spacial score (nSPS) is 12.1. The summed E-state index contributed by atoms with van der Waals surface area (Å²) in [4.78, 5) is 12.0. The highest BCUT2D eigenvalue weighted by atomic mass is 16.6. The number of unbranched alkanes of at least 4 members (excludes halogenated alkanes) is 9. The minimum Gasteiger partial charge on any atom is -0.460 e. The van der Waals surface area contributed by atoms with Gasteiger partial charge in [-0.25, -0.2) is 4.79 Å². The fourth-order valence-corrected chi connectivity index (χ4v) is 2.54. The first-order valence-corrected chi connectivity index (χ1v) is 9.65. The van der Waals surface area contributed by atoms with E-state index in [-0.39, 0.29) is 12.6 Å². The molecule has 1 atom stereocenters. The van der Waals surface area contributed by atoms with Gasteiger partial charge in [-0.2, -0.15) is 0 Å². The van der Waals surface area contributed by atoms with Crippen molar-refractivity contribution in [2.45, 2.75) is 97.0 Å². The van der Waals surface area contributed by atoms with E-state index in [1.54, 1.807) is 6.08 Å². The van der Waals surface area contributed by atoms with Crippen LogP contribution in [0.3, 0.4) is 0 Å². The van der Waals surface area contributed by atoms with Crippen molar-refractivity contribution in [3.05, 3.63) is 12.7 Å². The minimum atomic E-state index is -0.396. The Kier molecular flexibility index (Phi) is 16.9. The molecule has 1 unspecified atom stereocenters. The number of hydrogen-bond donors (Lipinski definition) is 0. The largest absolute Gasteiger partial charge is 0.460 e. The molecule has 0 aromatic heterocycles. The van der Waals surface area contributed by atoms with Gasteiger partial charge in [-0.3, -0.25) is 0 Å². The van der Waals surface area contributed by atoms with Crippen LogP contribution in [-0.4, -0.2) is 25.3 Å². The van der Waals surface area contributed by atoms with Gasteiger partial charge in [-0.15, -0.1) is 0 Å². The highest BCUT2D eigenvalue weighted by molar-refractivity contribution is 5.74. The maximum absolute atomic E-state index is 12.0. The summed E-state index contributed by atoms with van der Waals surface area (Å²) < 4.78 is 10.9. The molecular formula is C20H38O3. The summed E-state index contributed by atoms with van der Waals surface area (Å²) in [5.41, 5.74) is 0. The van der Waals surface area contributed by atoms with Gasteiger partial charge in [-0.05, 0) is 12.8 Å². The Labute approximate surface area is 143 Å². The molecule has 0 aliphatic heterocycles. The van der Waals surface area contributed by atoms with Gasteiger partial charge in [0.05, 0.1) is 0 Å². The van der Waals surface area contributed by atoms with Crippen LogP contribution in [0.2, 0.25) is 0 Å². The molecule has 23 heavy (non-hydrogen) atoms. The average Bonchev–Trinajstić information content (AvgIpc) is 2.56. The molecule has 0 saturated heterocycles. The van der Waals surface area contributed by atoms with Crippen LogP contribution in [0.1, 0.15) is 90.9 Å². The third-order valence-electron chi connectivity index (χ3n) is 3.99. The Morgan fingerprint density at radius 1 is 0.913 bits per heavy atom. The monoisotopic (exact) mass is 326 g/mol. The summed E-state index contributed by atoms with van der Waals surface area (Å²) in [7, 11) is 0. The van der Waals surface area contributed by atoms with Gasteiger partial charge < -0.3 is 9.47 Å². The van der Waals surface area contributed by atoms with Gasteiger partial charge in [0, 0.05) is 6.61 Å². The van der Waals surface area contributed by atoms with Crippen molar-refractivity contribution >= 4 is 5.97 Å². The van der Waals surface area contributed by atoms with E-state index in [9.17, 15) is 4.79 Å². The third kappa shape index (κ3) is 14.5. The van der Waals surface area contributed by atoms with Crippen LogP contribution in [-0.2, 0) is 14.3 Å². The summed E-state index contributed by atoms with van der Waals surface area (Å²) in [6.07, 6.45) is 15.4. The Morgan fingerprint density at radius 2 is 1.48 bits per heavy atom. The van der Waals surface area contributed by atoms with E-state index in [2.05, 4.69) is 20.4 Å². The zero-order chi connectivity index (χ0) is 17.2. The quantitative estimate of drug-likeness (QED) is 0.192. The van der Waals surface area contributed by atoms with Gasteiger partial charge >= 0.3 is 5.97 Å². The van der Waals surface area contributed by atoms with E-state index >= 15 is 0 Å². The van der Waals surface area contributed by atoms with Gasteiger partial charge in [0.2, 0.25) is 0 Å². The molecule has 3 nitrogen and oxygen atoms in total. The number of esters is 1. The van der Waals surface area contributed by atoms with Gasteiger partial charge in [-0.1, -0.05) is 90.7 Å². The van der Waals surface area contributed by atoms with Gasteiger partial charge in [0.1, 0.15) is 6.61 Å². The van der Waals surface area contributed by atoms with Crippen LogP contribution in [0.25, 0.3) is 0 Å². The fraction of sp³-hybridized carbons (Fsp3) is 0.850. The molecule has 3 heteroatoms. The molecule has 0 spiro atoms. The first-order chi connectivity index (χ1) is 11.3. The summed E-state index contributed by atoms with van der Waals surface area (Å²) in [5, 5.41) is 0. The van der Waals surface area contributed by atoms with Crippen molar-refractivity contribution in [2.24, 2.45) is 0 Å². The SMILES string of the molecule is C=CCOC(=O)C(CCCCCCCCCC)OCCCCC. The average molecular weight is 327 g/mol. The van der Waals surface area contributed by atoms with Crippen LogP contribution in [0, 0.1) is 0 Å². The van der Waals surface area contributed by atoms with E-state index in [0.29, 0.717) is 6.61 Å². The van der Waals surface area contributed by atoms with Crippen molar-refractivity contribution in [1.82, 2.24) is 0 Å². The highest BCUT2D eigenvalue weighted by Gasteiger charge is 2.19. The molecule has 0 fully saturated rings. The molecule has 0 aliphatic carbocycles. The number of carbonyl (C=O) groups is 1. The summed E-state index contributed by atoms with van der Waals surface area (Å²) in [5.74, 6) is -0.232. The van der Waals surface area contributed by atoms with Gasteiger partial charge in [0.25, 0.3) is 0 Å². The molecule has 0 saturated carbocycles. The minimum absolute atomic E-state index is 0.232. The topological polar surface area (TPSA) is 35.5 Å². The summed E-state index contributed by atoms with van der Waals surface area (Å²) in [6, 6.07) is 0. The molecule has 0 N–H and O–H groups in total. The Morgan fingerprint density at radius 3 is 2.09 bits per heavy atom. The molecule has 0 aromatic carbocycles. The second kappa shape index (κ2) is 17.5. The maximum atomic E-state index is 12.0. The van der Waals surface area contributed by atoms with E-state index in [4.69, 9.17) is 9.47 Å². The molecule has 0 bridgehead atoms. The van der Waals surface area contributed by atoms with E-state index in [1.807, 2.05) is 0 Å². The molecular weight excluding hydrogens is 288 g/mol. The first-order valence-electron chi connectivity index (χ1n) is 9.65. The number of rotatable bonds is 17. The van der Waals surface area contributed by atoms with Crippen LogP contribution in [0.5, 0.6) is 0 Å². The molecule has 0 amide bonds. The lowest BCUT2D eigenvalue weighted by molar-refractivity contribution is -0.156. The third-order valence-corrected chi connectivity index (χ3v) is 3.99. The van der Waals surface area contributed by atoms with Crippen LogP contribution >= 0.6 is 0 Å². The lowest BCUT2D eigenvalue weighted by Crippen LogP contribution is -2.27. The van der Waals surface area contributed by atoms with E-state index in [0.717, 1.165) is 32.1 Å². The van der Waals surface area contributed by atoms with Crippen molar-refractivity contribution in [1.29, 1.82) is 0 Å². The predicted molar refractivity (Wildman–Crippen MR) is 97.6 cm³/mol. The zero-order valence-corrected chi connectivity index (χ0v) is 15.5. The number of hydrogen-bond acceptors (Lipinski definition) is 3. The molecule has 0 rings (SSSR count). The van der Waals surface area contributed by atoms with Crippen molar-refractivity contribution in [2.75, 3.05) is 13.2 Å². The fourth-order valence-electron chi connectivity index (χ4n) is 2.54. The maximum Gasteiger partial charge on any atom is 0.335 e. The number of ether oxygens (including phenoxy) is 2. The van der Waals surface area contributed by atoms with E-state index < -0.39 is 6.10 Å². The molecule has 136 valence electrons. The molecule has 0 aliphatic rings. The van der Waals surface area contributed by atoms with Crippen molar-refractivity contribution < 1.29 is 14.3 Å². The molecule has 0 radical (unpaired) electrons. The molecule has 0 aromatic rings. The summed E-state index contributed by atoms with van der Waals surface area (Å²) >= 11 is 0. The van der Waals surface area contributed by atoms with Crippen LogP contribution in [0.15, 0.2) is 12.7 Å². The Balaban J connectivity index is 3.85. The molecule has 0 heterocycles. The summed E-state index contributed by atoms with van der Waals surface area (Å²) in [6.45, 7) is 8.90. The van der Waals surface area contributed by atoms with Crippen LogP contribution < -0.4 is 0 Å². The van der Waals surface area contributed by atoms with Gasteiger partial charge in [0.15, 0.2) is 6.10 Å². The highest BCUT2D eigenvalue weighted by Crippen LogP contribution is 2.13. The van der Waals surface area contributed by atoms with E-state index in [1.165, 1.54) is 44.9 Å². The van der Waals surface area contributed by atoms with Crippen molar-refractivity contribution in [3.8, 4) is 0 Å². The predicted octanol–water partition coefficient (Wildman–Crippen LogP) is 5.82. The van der Waals surface area contributed by atoms with Crippen molar-refractivity contribution in [3.63, 3.8) is 0 Å². The first kappa shape index (κ1) is 22.2.